The molecule has 3 amide bonds. The number of carbonyl (C=O) groups excluding carboxylic acids is 3. The van der Waals surface area contributed by atoms with Crippen molar-refractivity contribution in [2.45, 2.75) is 108 Å². The molecule has 1 fully saturated rings. The van der Waals surface area contributed by atoms with Gasteiger partial charge in [-0.1, -0.05) is 57.9 Å². The normalized spacial score (nSPS) is 16.9. The van der Waals surface area contributed by atoms with Crippen molar-refractivity contribution in [2.24, 2.45) is 5.73 Å². The van der Waals surface area contributed by atoms with Crippen LogP contribution in [0.15, 0.2) is 42.5 Å². The minimum atomic E-state index is -3.89. The Hall–Kier alpha value is -3.42. The standard InChI is InChI=1S/C34H48F2N4O6S/c1-4-8-27(9-5-2)47(45,46)21-30(39-33(43)29-12-13-32(42)38-29)34(44)40(19-23-11-7-10-22(6-3)14-23)20-31(41)28(37)17-24-15-25(35)18-26(36)16-24/h7,10-11,14-16,18,27-31,41H,4-6,8-9,12-13,17,19-21,37H2,1-3H3,(H,38,42)(H,39,43)/t28-,29+,30?,31+/m0/s1. The molecule has 3 rings (SSSR count). The summed E-state index contributed by atoms with van der Waals surface area (Å²) < 4.78 is 55.0. The van der Waals surface area contributed by atoms with Gasteiger partial charge in [0.05, 0.1) is 17.1 Å². The predicted octanol–water partition coefficient (Wildman–Crippen LogP) is 2.93. The summed E-state index contributed by atoms with van der Waals surface area (Å²) in [5, 5.41) is 15.6. The minimum absolute atomic E-state index is 0.0367. The van der Waals surface area contributed by atoms with Crippen LogP contribution in [0.4, 0.5) is 8.78 Å². The number of sulfone groups is 1. The molecule has 1 aliphatic rings. The first-order chi connectivity index (χ1) is 22.3. The quantitative estimate of drug-likeness (QED) is 0.189. The molecule has 1 aliphatic heterocycles. The van der Waals surface area contributed by atoms with Crippen LogP contribution in [0.3, 0.4) is 0 Å². The summed E-state index contributed by atoms with van der Waals surface area (Å²) in [7, 11) is -3.89. The highest BCUT2D eigenvalue weighted by molar-refractivity contribution is 7.92. The molecular weight excluding hydrogens is 630 g/mol. The van der Waals surface area contributed by atoms with Crippen LogP contribution < -0.4 is 16.4 Å². The van der Waals surface area contributed by atoms with E-state index in [0.717, 1.165) is 30.2 Å². The van der Waals surface area contributed by atoms with Crippen LogP contribution in [-0.4, -0.2) is 77.9 Å². The minimum Gasteiger partial charge on any atom is -0.390 e. The second-order valence-electron chi connectivity index (χ2n) is 12.4. The van der Waals surface area contributed by atoms with Crippen LogP contribution in [0.25, 0.3) is 0 Å². The van der Waals surface area contributed by atoms with Crippen molar-refractivity contribution in [2.75, 3.05) is 12.3 Å². The highest BCUT2D eigenvalue weighted by Crippen LogP contribution is 2.20. The van der Waals surface area contributed by atoms with Crippen molar-refractivity contribution in [3.63, 3.8) is 0 Å². The lowest BCUT2D eigenvalue weighted by Gasteiger charge is -2.32. The third kappa shape index (κ3) is 11.4. The molecule has 5 N–H and O–H groups in total. The molecule has 0 bridgehead atoms. The maximum absolute atomic E-state index is 14.3. The average Bonchev–Trinajstić information content (AvgIpc) is 3.45. The summed E-state index contributed by atoms with van der Waals surface area (Å²) in [6.07, 6.45) is 1.59. The van der Waals surface area contributed by atoms with E-state index in [1.165, 1.54) is 4.90 Å². The van der Waals surface area contributed by atoms with Crippen LogP contribution in [0.5, 0.6) is 0 Å². The number of nitrogens with one attached hydrogen (secondary N) is 2. The van der Waals surface area contributed by atoms with Gasteiger partial charge in [-0.05, 0) is 60.9 Å². The molecule has 1 heterocycles. The average molecular weight is 679 g/mol. The van der Waals surface area contributed by atoms with E-state index >= 15 is 0 Å². The van der Waals surface area contributed by atoms with E-state index in [1.54, 1.807) is 6.07 Å². The summed E-state index contributed by atoms with van der Waals surface area (Å²) in [5.74, 6) is -4.00. The summed E-state index contributed by atoms with van der Waals surface area (Å²) in [6, 6.07) is 6.89. The van der Waals surface area contributed by atoms with Crippen LogP contribution in [-0.2, 0) is 43.6 Å². The molecule has 0 aliphatic carbocycles. The lowest BCUT2D eigenvalue weighted by atomic mass is 10.0. The molecule has 47 heavy (non-hydrogen) atoms. The summed E-state index contributed by atoms with van der Waals surface area (Å²) in [5.41, 5.74) is 8.17. The van der Waals surface area contributed by atoms with E-state index in [0.29, 0.717) is 31.2 Å². The van der Waals surface area contributed by atoms with E-state index in [4.69, 9.17) is 5.73 Å². The van der Waals surface area contributed by atoms with Gasteiger partial charge in [-0.15, -0.1) is 0 Å². The largest absolute Gasteiger partial charge is 0.390 e. The first kappa shape index (κ1) is 38.0. The Bertz CT molecular complexity index is 1460. The topological polar surface area (TPSA) is 159 Å². The van der Waals surface area contributed by atoms with Crippen LogP contribution in [0, 0.1) is 11.6 Å². The Kier molecular flexibility index (Phi) is 14.3. The Morgan fingerprint density at radius 2 is 1.68 bits per heavy atom. The van der Waals surface area contributed by atoms with Crippen molar-refractivity contribution in [3.05, 3.63) is 70.8 Å². The fourth-order valence-corrected chi connectivity index (χ4v) is 8.05. The van der Waals surface area contributed by atoms with Crippen LogP contribution in [0.2, 0.25) is 0 Å². The highest BCUT2D eigenvalue weighted by atomic mass is 32.2. The summed E-state index contributed by atoms with van der Waals surface area (Å²) in [4.78, 5) is 40.7. The third-order valence-corrected chi connectivity index (χ3v) is 10.7. The number of benzene rings is 2. The lowest BCUT2D eigenvalue weighted by Crippen LogP contribution is -2.57. The van der Waals surface area contributed by atoms with E-state index in [-0.39, 0.29) is 43.8 Å². The van der Waals surface area contributed by atoms with Gasteiger partial charge in [0.15, 0.2) is 9.84 Å². The number of halogens is 2. The zero-order valence-electron chi connectivity index (χ0n) is 27.4. The predicted molar refractivity (Wildman–Crippen MR) is 176 cm³/mol. The number of nitrogens with zero attached hydrogens (tertiary/aromatic N) is 1. The van der Waals surface area contributed by atoms with Gasteiger partial charge in [-0.3, -0.25) is 14.4 Å². The molecule has 0 saturated carbocycles. The Balaban J connectivity index is 1.96. The van der Waals surface area contributed by atoms with Gasteiger partial charge in [-0.25, -0.2) is 17.2 Å². The summed E-state index contributed by atoms with van der Waals surface area (Å²) >= 11 is 0. The molecule has 260 valence electrons. The fraction of sp³-hybridized carbons (Fsp3) is 0.559. The molecule has 10 nitrogen and oxygen atoms in total. The van der Waals surface area contributed by atoms with Gasteiger partial charge in [0.25, 0.3) is 0 Å². The molecule has 2 aromatic rings. The van der Waals surface area contributed by atoms with Gasteiger partial charge in [0, 0.05) is 31.6 Å². The van der Waals surface area contributed by atoms with E-state index in [1.807, 2.05) is 39.0 Å². The number of carbonyl (C=O) groups is 3. The SMILES string of the molecule is CCCC(CCC)S(=O)(=O)CC(NC(=O)[C@H]1CCC(=O)N1)C(=O)N(Cc1cccc(CC)c1)C[C@@H](O)[C@@H](N)Cc1cc(F)cc(F)c1. The third-order valence-electron chi connectivity index (χ3n) is 8.43. The number of nitrogens with two attached hydrogens (primary N) is 1. The maximum atomic E-state index is 14.3. The summed E-state index contributed by atoms with van der Waals surface area (Å²) in [6.45, 7) is 5.33. The molecule has 4 atom stereocenters. The maximum Gasteiger partial charge on any atom is 0.246 e. The smallest absolute Gasteiger partial charge is 0.246 e. The number of rotatable bonds is 18. The molecule has 2 aromatic carbocycles. The van der Waals surface area contributed by atoms with Gasteiger partial charge >= 0.3 is 0 Å². The first-order valence-electron chi connectivity index (χ1n) is 16.3. The molecule has 13 heteroatoms. The second kappa shape index (κ2) is 17.7. The molecule has 0 spiro atoms. The molecule has 0 aromatic heterocycles. The Morgan fingerprint density at radius 3 is 2.26 bits per heavy atom. The van der Waals surface area contributed by atoms with Crippen LogP contribution >= 0.6 is 0 Å². The zero-order valence-corrected chi connectivity index (χ0v) is 28.2. The van der Waals surface area contributed by atoms with E-state index < -0.39 is 68.5 Å². The molecular formula is C34H48F2N4O6S. The number of hydrogen-bond acceptors (Lipinski definition) is 7. The Labute approximate surface area is 276 Å². The second-order valence-corrected chi connectivity index (χ2v) is 14.7. The number of amides is 3. The number of aliphatic hydroxyl groups is 1. The van der Waals surface area contributed by atoms with E-state index in [9.17, 15) is 36.7 Å². The van der Waals surface area contributed by atoms with Crippen molar-refractivity contribution in [3.8, 4) is 0 Å². The fourth-order valence-electron chi connectivity index (χ4n) is 5.89. The van der Waals surface area contributed by atoms with E-state index in [2.05, 4.69) is 10.6 Å². The lowest BCUT2D eigenvalue weighted by molar-refractivity contribution is -0.138. The van der Waals surface area contributed by atoms with Crippen molar-refractivity contribution >= 4 is 27.6 Å². The zero-order chi connectivity index (χ0) is 34.7. The molecule has 1 saturated heterocycles. The first-order valence-corrected chi connectivity index (χ1v) is 18.0. The highest BCUT2D eigenvalue weighted by Gasteiger charge is 2.37. The molecule has 0 radical (unpaired) electrons. The van der Waals surface area contributed by atoms with Crippen molar-refractivity contribution < 1.29 is 36.7 Å². The monoisotopic (exact) mass is 678 g/mol. The van der Waals surface area contributed by atoms with Crippen LogP contribution in [0.1, 0.15) is 76.0 Å². The van der Waals surface area contributed by atoms with Gasteiger partial charge < -0.3 is 26.4 Å². The van der Waals surface area contributed by atoms with Gasteiger partial charge in [0.2, 0.25) is 17.7 Å². The number of hydrogen-bond donors (Lipinski definition) is 4. The number of aliphatic hydroxyl groups excluding tert-OH is 1. The van der Waals surface area contributed by atoms with Gasteiger partial charge in [-0.2, -0.15) is 0 Å². The Morgan fingerprint density at radius 1 is 1.04 bits per heavy atom. The number of aryl methyl sites for hydroxylation is 1. The van der Waals surface area contributed by atoms with Crippen molar-refractivity contribution in [1.82, 2.24) is 15.5 Å². The van der Waals surface area contributed by atoms with Crippen molar-refractivity contribution in [1.29, 1.82) is 0 Å². The molecule has 1 unspecified atom stereocenters. The van der Waals surface area contributed by atoms with Gasteiger partial charge in [0.1, 0.15) is 23.7 Å².